The highest BCUT2D eigenvalue weighted by Crippen LogP contribution is 2.31. The summed E-state index contributed by atoms with van der Waals surface area (Å²) < 4.78 is 6.83. The minimum absolute atomic E-state index is 0.236. The van der Waals surface area contributed by atoms with Crippen molar-refractivity contribution in [1.82, 2.24) is 14.5 Å². The number of primary amides is 1. The second kappa shape index (κ2) is 7.32. The summed E-state index contributed by atoms with van der Waals surface area (Å²) in [6.07, 6.45) is 2.28. The lowest BCUT2D eigenvalue weighted by atomic mass is 10.1. The van der Waals surface area contributed by atoms with Crippen LogP contribution in [0.3, 0.4) is 0 Å². The van der Waals surface area contributed by atoms with Gasteiger partial charge in [-0.25, -0.2) is 4.98 Å². The van der Waals surface area contributed by atoms with Crippen molar-refractivity contribution in [3.63, 3.8) is 0 Å². The monoisotopic (exact) mass is 353 g/mol. The van der Waals surface area contributed by atoms with E-state index in [1.54, 1.807) is 37.1 Å². The van der Waals surface area contributed by atoms with E-state index in [0.717, 1.165) is 5.69 Å². The van der Waals surface area contributed by atoms with Crippen LogP contribution in [0.15, 0.2) is 30.5 Å². The molecule has 3 aromatic rings. The molecule has 0 unspecified atom stereocenters. The zero-order valence-corrected chi connectivity index (χ0v) is 14.5. The van der Waals surface area contributed by atoms with E-state index in [0.29, 0.717) is 41.9 Å². The third-order valence-corrected chi connectivity index (χ3v) is 4.07. The summed E-state index contributed by atoms with van der Waals surface area (Å²) in [7, 11) is 3.44. The van der Waals surface area contributed by atoms with Gasteiger partial charge in [-0.15, -0.1) is 0 Å². The molecule has 0 bridgehead atoms. The SMILES string of the molecule is COCCNc1ccnc(-c2c(C(N)=O)c3nc(C=O)ccc3n2C)c1. The van der Waals surface area contributed by atoms with Crippen LogP contribution in [0.5, 0.6) is 0 Å². The second-order valence-corrected chi connectivity index (χ2v) is 5.72. The number of nitrogens with two attached hydrogens (primary N) is 1. The Morgan fingerprint density at radius 2 is 2.19 bits per heavy atom. The summed E-state index contributed by atoms with van der Waals surface area (Å²) in [5, 5.41) is 3.22. The molecule has 0 saturated heterocycles. The number of amides is 1. The summed E-state index contributed by atoms with van der Waals surface area (Å²) in [6.45, 7) is 1.21. The Balaban J connectivity index is 2.17. The number of carbonyl (C=O) groups is 2. The van der Waals surface area contributed by atoms with Crippen LogP contribution in [0.4, 0.5) is 5.69 Å². The van der Waals surface area contributed by atoms with Gasteiger partial charge in [0.2, 0.25) is 0 Å². The number of carbonyl (C=O) groups excluding carboxylic acids is 2. The fraction of sp³-hybridized carbons (Fsp3) is 0.222. The number of ether oxygens (including phenoxy) is 1. The first-order valence-electron chi connectivity index (χ1n) is 8.00. The molecule has 3 N–H and O–H groups in total. The van der Waals surface area contributed by atoms with Crippen molar-refractivity contribution in [2.75, 3.05) is 25.6 Å². The molecule has 8 heteroatoms. The van der Waals surface area contributed by atoms with Crippen LogP contribution in [0, 0.1) is 0 Å². The number of fused-ring (bicyclic) bond motifs is 1. The summed E-state index contributed by atoms with van der Waals surface area (Å²) in [5.74, 6) is -0.624. The molecule has 1 amide bonds. The number of hydrogen-bond donors (Lipinski definition) is 2. The summed E-state index contributed by atoms with van der Waals surface area (Å²) in [6, 6.07) is 6.99. The van der Waals surface area contributed by atoms with Gasteiger partial charge in [0, 0.05) is 32.6 Å². The van der Waals surface area contributed by atoms with Gasteiger partial charge in [-0.2, -0.15) is 0 Å². The number of aromatic nitrogens is 3. The van der Waals surface area contributed by atoms with Crippen LogP contribution in [-0.4, -0.2) is 47.0 Å². The van der Waals surface area contributed by atoms with Gasteiger partial charge in [-0.05, 0) is 24.3 Å². The number of aryl methyl sites for hydroxylation is 1. The Morgan fingerprint density at radius 1 is 1.38 bits per heavy atom. The highest BCUT2D eigenvalue weighted by atomic mass is 16.5. The van der Waals surface area contributed by atoms with Crippen molar-refractivity contribution in [2.24, 2.45) is 12.8 Å². The maximum absolute atomic E-state index is 12.1. The Bertz CT molecular complexity index is 980. The minimum Gasteiger partial charge on any atom is -0.383 e. The molecule has 134 valence electrons. The van der Waals surface area contributed by atoms with E-state index in [-0.39, 0.29) is 11.3 Å². The molecule has 0 aliphatic carbocycles. The predicted octanol–water partition coefficient (Wildman–Crippen LogP) is 1.60. The molecule has 3 rings (SSSR count). The molecule has 8 nitrogen and oxygen atoms in total. The number of nitrogens with one attached hydrogen (secondary N) is 1. The summed E-state index contributed by atoms with van der Waals surface area (Å²) in [4.78, 5) is 31.8. The standard InChI is InChI=1S/C18H19N5O3/c1-23-14-4-3-12(10-24)22-16(14)15(18(19)25)17(23)13-9-11(5-6-21-13)20-7-8-26-2/h3-6,9-10H,7-8H2,1-2H3,(H2,19,25)(H,20,21). The minimum atomic E-state index is -0.624. The number of rotatable bonds is 7. The van der Waals surface area contributed by atoms with E-state index in [4.69, 9.17) is 10.5 Å². The van der Waals surface area contributed by atoms with Crippen molar-refractivity contribution in [3.05, 3.63) is 41.7 Å². The fourth-order valence-electron chi connectivity index (χ4n) is 2.89. The molecule has 26 heavy (non-hydrogen) atoms. The maximum Gasteiger partial charge on any atom is 0.253 e. The third kappa shape index (κ3) is 3.14. The average Bonchev–Trinajstić information content (AvgIpc) is 2.94. The van der Waals surface area contributed by atoms with Crippen LogP contribution in [0.25, 0.3) is 22.4 Å². The molecule has 0 spiro atoms. The largest absolute Gasteiger partial charge is 0.383 e. The highest BCUT2D eigenvalue weighted by molar-refractivity contribution is 6.11. The van der Waals surface area contributed by atoms with Crippen molar-refractivity contribution in [1.29, 1.82) is 0 Å². The normalized spacial score (nSPS) is 10.8. The van der Waals surface area contributed by atoms with Crippen molar-refractivity contribution >= 4 is 28.9 Å². The van der Waals surface area contributed by atoms with Gasteiger partial charge in [0.1, 0.15) is 11.2 Å². The molecule has 0 aliphatic rings. The lowest BCUT2D eigenvalue weighted by Crippen LogP contribution is -2.13. The van der Waals surface area contributed by atoms with E-state index in [9.17, 15) is 9.59 Å². The molecule has 0 fully saturated rings. The van der Waals surface area contributed by atoms with Gasteiger partial charge >= 0.3 is 0 Å². The van der Waals surface area contributed by atoms with Crippen LogP contribution in [0.1, 0.15) is 20.8 Å². The average molecular weight is 353 g/mol. The molecular formula is C18H19N5O3. The van der Waals surface area contributed by atoms with Gasteiger partial charge in [0.15, 0.2) is 6.29 Å². The first kappa shape index (κ1) is 17.6. The van der Waals surface area contributed by atoms with Gasteiger partial charge in [-0.3, -0.25) is 14.6 Å². The quantitative estimate of drug-likeness (QED) is 0.493. The summed E-state index contributed by atoms with van der Waals surface area (Å²) >= 11 is 0. The van der Waals surface area contributed by atoms with Gasteiger partial charge in [0.25, 0.3) is 5.91 Å². The Hall–Kier alpha value is -3.26. The van der Waals surface area contributed by atoms with Gasteiger partial charge in [0.05, 0.1) is 29.1 Å². The lowest BCUT2D eigenvalue weighted by Gasteiger charge is -2.09. The topological polar surface area (TPSA) is 112 Å². The van der Waals surface area contributed by atoms with E-state index in [1.807, 2.05) is 12.1 Å². The number of hydrogen-bond acceptors (Lipinski definition) is 6. The van der Waals surface area contributed by atoms with E-state index in [2.05, 4.69) is 15.3 Å². The second-order valence-electron chi connectivity index (χ2n) is 5.72. The van der Waals surface area contributed by atoms with E-state index >= 15 is 0 Å². The molecule has 0 aromatic carbocycles. The van der Waals surface area contributed by atoms with Crippen molar-refractivity contribution in [2.45, 2.75) is 0 Å². The van der Waals surface area contributed by atoms with Crippen molar-refractivity contribution in [3.8, 4) is 11.4 Å². The highest BCUT2D eigenvalue weighted by Gasteiger charge is 2.23. The molecule has 3 aromatic heterocycles. The number of aldehydes is 1. The Kier molecular flexibility index (Phi) is 4.94. The zero-order chi connectivity index (χ0) is 18.7. The first-order valence-corrected chi connectivity index (χ1v) is 8.00. The van der Waals surface area contributed by atoms with Crippen LogP contribution >= 0.6 is 0 Å². The number of methoxy groups -OCH3 is 1. The number of pyridine rings is 2. The molecule has 0 saturated carbocycles. The van der Waals surface area contributed by atoms with Crippen LogP contribution in [0.2, 0.25) is 0 Å². The number of anilines is 1. The number of nitrogens with zero attached hydrogens (tertiary/aromatic N) is 3. The van der Waals surface area contributed by atoms with E-state index in [1.165, 1.54) is 0 Å². The van der Waals surface area contributed by atoms with Gasteiger partial charge < -0.3 is 20.4 Å². The maximum atomic E-state index is 12.1. The van der Waals surface area contributed by atoms with E-state index < -0.39 is 5.91 Å². The molecule has 0 atom stereocenters. The molecule has 0 radical (unpaired) electrons. The Labute approximate surface area is 150 Å². The first-order chi connectivity index (χ1) is 12.6. The smallest absolute Gasteiger partial charge is 0.253 e. The lowest BCUT2D eigenvalue weighted by molar-refractivity contribution is 0.100. The fourth-order valence-corrected chi connectivity index (χ4v) is 2.89. The zero-order valence-electron chi connectivity index (χ0n) is 14.5. The molecule has 0 aliphatic heterocycles. The third-order valence-electron chi connectivity index (χ3n) is 4.07. The molecular weight excluding hydrogens is 334 g/mol. The van der Waals surface area contributed by atoms with Crippen LogP contribution < -0.4 is 11.1 Å². The van der Waals surface area contributed by atoms with Crippen LogP contribution in [-0.2, 0) is 11.8 Å². The van der Waals surface area contributed by atoms with Crippen molar-refractivity contribution < 1.29 is 14.3 Å². The summed E-state index contributed by atoms with van der Waals surface area (Å²) in [5.41, 5.74) is 9.15. The van der Waals surface area contributed by atoms with Gasteiger partial charge in [-0.1, -0.05) is 0 Å². The molecule has 3 heterocycles. The Morgan fingerprint density at radius 3 is 2.88 bits per heavy atom. The predicted molar refractivity (Wildman–Crippen MR) is 98.2 cm³/mol.